The molecule has 2 aromatic rings. The molecule has 1 heterocycles. The molecule has 0 saturated carbocycles. The zero-order chi connectivity index (χ0) is 26.3. The van der Waals surface area contributed by atoms with E-state index in [0.29, 0.717) is 37.8 Å². The van der Waals surface area contributed by atoms with Crippen molar-refractivity contribution >= 4 is 81.2 Å². The van der Waals surface area contributed by atoms with Gasteiger partial charge in [-0.3, -0.25) is 19.2 Å². The second-order valence-electron chi connectivity index (χ2n) is 8.33. The number of nitrogens with zero attached hydrogens (tertiary/aromatic N) is 1. The summed E-state index contributed by atoms with van der Waals surface area (Å²) in [5.74, 6) is -2.05. The Morgan fingerprint density at radius 3 is 2.19 bits per heavy atom. The van der Waals surface area contributed by atoms with Crippen molar-refractivity contribution in [1.82, 2.24) is 9.62 Å². The number of hydrogen-bond acceptors (Lipinski definition) is 5. The van der Waals surface area contributed by atoms with Crippen LogP contribution >= 0.6 is 46.8 Å². The van der Waals surface area contributed by atoms with E-state index in [9.17, 15) is 19.2 Å². The van der Waals surface area contributed by atoms with Crippen LogP contribution in [0.3, 0.4) is 0 Å². The van der Waals surface area contributed by atoms with Gasteiger partial charge in [-0.15, -0.1) is 0 Å². The lowest BCUT2D eigenvalue weighted by Gasteiger charge is -2.17. The van der Waals surface area contributed by atoms with Gasteiger partial charge in [-0.25, -0.2) is 4.31 Å². The average molecular weight is 572 g/mol. The van der Waals surface area contributed by atoms with Crippen molar-refractivity contribution in [2.45, 2.75) is 41.8 Å². The first-order chi connectivity index (χ1) is 17.1. The van der Waals surface area contributed by atoms with Crippen LogP contribution in [-0.4, -0.2) is 36.2 Å². The minimum atomic E-state index is -1.69. The topological polar surface area (TPSA) is 104 Å². The second kappa shape index (κ2) is 12.8. The van der Waals surface area contributed by atoms with Crippen LogP contribution in [0.2, 0.25) is 0 Å². The monoisotopic (exact) mass is 570 g/mol. The Bertz CT molecular complexity index is 1140. The minimum absolute atomic E-state index is 0.0295. The Labute approximate surface area is 228 Å². The van der Waals surface area contributed by atoms with Crippen molar-refractivity contribution in [2.24, 2.45) is 11.8 Å². The molecule has 0 radical (unpaired) electrons. The molecule has 0 bridgehead atoms. The second-order valence-corrected chi connectivity index (χ2v) is 12.4. The lowest BCUT2D eigenvalue weighted by Crippen LogP contribution is -2.26. The van der Waals surface area contributed by atoms with Crippen molar-refractivity contribution in [1.29, 1.82) is 0 Å². The fourth-order valence-electron chi connectivity index (χ4n) is 4.09. The number of fused-ring (bicyclic) bond motifs is 2. The van der Waals surface area contributed by atoms with Crippen LogP contribution in [0.15, 0.2) is 54.6 Å². The van der Waals surface area contributed by atoms with E-state index in [-0.39, 0.29) is 42.4 Å². The van der Waals surface area contributed by atoms with Gasteiger partial charge in [-0.1, -0.05) is 89.4 Å². The van der Waals surface area contributed by atoms with E-state index in [4.69, 9.17) is 39.9 Å². The fourth-order valence-corrected chi connectivity index (χ4v) is 5.37. The molecule has 192 valence electrons. The van der Waals surface area contributed by atoms with Crippen LogP contribution < -0.4 is 5.32 Å². The molecule has 2 aliphatic rings. The Morgan fingerprint density at radius 1 is 0.972 bits per heavy atom. The van der Waals surface area contributed by atoms with Gasteiger partial charge in [0.05, 0.1) is 11.8 Å². The number of carbonyl (C=O) groups excluding carboxylic acids is 3. The first-order valence-electron chi connectivity index (χ1n) is 11.3. The Balaban J connectivity index is 0.000000205. The molecule has 2 atom stereocenters. The third kappa shape index (κ3) is 7.87. The summed E-state index contributed by atoms with van der Waals surface area (Å²) in [4.78, 5) is 45.8. The third-order valence-electron chi connectivity index (χ3n) is 5.81. The number of amides is 3. The molecular formula is C25H25Cl3N2O5S. The molecule has 4 rings (SSSR count). The third-order valence-corrected chi connectivity index (χ3v) is 7.18. The smallest absolute Gasteiger partial charge is 0.303 e. The number of alkyl halides is 3. The number of carboxylic acid groups (broad SMARTS) is 1. The highest BCUT2D eigenvalue weighted by molar-refractivity contribution is 8.03. The molecule has 11 heteroatoms. The average Bonchev–Trinajstić information content (AvgIpc) is 3.07. The maximum atomic E-state index is 11.9. The number of allylic oxidation sites excluding steroid dienone is 2. The van der Waals surface area contributed by atoms with Crippen LogP contribution in [0, 0.1) is 11.8 Å². The number of carbonyl (C=O) groups is 4. The lowest BCUT2D eigenvalue weighted by molar-refractivity contribution is -0.137. The number of carboxylic acids is 1. The van der Waals surface area contributed by atoms with E-state index in [0.717, 1.165) is 20.6 Å². The summed E-state index contributed by atoms with van der Waals surface area (Å²) >= 11 is 17.4. The van der Waals surface area contributed by atoms with Gasteiger partial charge in [0.2, 0.25) is 17.7 Å². The summed E-state index contributed by atoms with van der Waals surface area (Å²) in [5.41, 5.74) is 1.06. The van der Waals surface area contributed by atoms with Crippen LogP contribution in [0.25, 0.3) is 10.8 Å². The largest absolute Gasteiger partial charge is 0.481 e. The van der Waals surface area contributed by atoms with Gasteiger partial charge in [-0.05, 0) is 35.6 Å². The molecule has 0 spiro atoms. The number of imide groups is 1. The standard InChI is InChI=1S/C16H17NO3.C9H8Cl3NO2S/c18-15(9-4-10-16(19)20)17-11-13-7-3-6-12-5-1-2-8-14(12)13;10-9(11,12)16-13-7(14)5-3-1-2-4-6(5)8(13)15/h1-3,5-8H,4,9-11H2,(H,17,18)(H,19,20);1-2,5-6H,3-4H2. The van der Waals surface area contributed by atoms with Gasteiger partial charge in [0.1, 0.15) is 0 Å². The summed E-state index contributed by atoms with van der Waals surface area (Å²) < 4.78 is -0.693. The summed E-state index contributed by atoms with van der Waals surface area (Å²) in [5, 5.41) is 13.6. The Kier molecular flexibility index (Phi) is 10.1. The van der Waals surface area contributed by atoms with Crippen molar-refractivity contribution in [3.63, 3.8) is 0 Å². The highest BCUT2D eigenvalue weighted by Gasteiger charge is 2.49. The first-order valence-corrected chi connectivity index (χ1v) is 13.2. The van der Waals surface area contributed by atoms with E-state index in [2.05, 4.69) is 5.32 Å². The predicted octanol–water partition coefficient (Wildman–Crippen LogP) is 5.62. The van der Waals surface area contributed by atoms with Gasteiger partial charge < -0.3 is 10.4 Å². The van der Waals surface area contributed by atoms with E-state index in [1.165, 1.54) is 0 Å². The summed E-state index contributed by atoms with van der Waals surface area (Å²) in [6.45, 7) is 0.466. The van der Waals surface area contributed by atoms with E-state index < -0.39 is 9.09 Å². The van der Waals surface area contributed by atoms with Crippen LogP contribution in [0.1, 0.15) is 37.7 Å². The molecule has 2 unspecified atom stereocenters. The quantitative estimate of drug-likeness (QED) is 0.193. The highest BCUT2D eigenvalue weighted by Crippen LogP contribution is 2.46. The maximum absolute atomic E-state index is 11.9. The molecule has 36 heavy (non-hydrogen) atoms. The molecule has 7 nitrogen and oxygen atoms in total. The minimum Gasteiger partial charge on any atom is -0.481 e. The number of nitrogens with one attached hydrogen (secondary N) is 1. The van der Waals surface area contributed by atoms with Crippen molar-refractivity contribution in [3.05, 3.63) is 60.2 Å². The molecule has 2 aromatic carbocycles. The number of rotatable bonds is 7. The molecule has 0 aromatic heterocycles. The lowest BCUT2D eigenvalue weighted by atomic mass is 9.85. The summed E-state index contributed by atoms with van der Waals surface area (Å²) in [6, 6.07) is 14.0. The maximum Gasteiger partial charge on any atom is 0.303 e. The molecule has 1 fully saturated rings. The Hall–Kier alpha value is -2.26. The predicted molar refractivity (Wildman–Crippen MR) is 142 cm³/mol. The molecule has 1 aliphatic heterocycles. The van der Waals surface area contributed by atoms with Gasteiger partial charge in [-0.2, -0.15) is 0 Å². The Morgan fingerprint density at radius 2 is 1.58 bits per heavy atom. The van der Waals surface area contributed by atoms with Gasteiger partial charge in [0.25, 0.3) is 3.12 Å². The number of hydrogen-bond donors (Lipinski definition) is 2. The van der Waals surface area contributed by atoms with E-state index >= 15 is 0 Å². The van der Waals surface area contributed by atoms with Crippen LogP contribution in [0.4, 0.5) is 0 Å². The number of halogens is 3. The molecule has 3 amide bonds. The van der Waals surface area contributed by atoms with Gasteiger partial charge >= 0.3 is 5.97 Å². The molecule has 1 saturated heterocycles. The fraction of sp³-hybridized carbons (Fsp3) is 0.360. The van der Waals surface area contributed by atoms with E-state index in [1.54, 1.807) is 0 Å². The molecule has 2 N–H and O–H groups in total. The molecule has 1 aliphatic carbocycles. The zero-order valence-electron chi connectivity index (χ0n) is 19.2. The molecular weight excluding hydrogens is 547 g/mol. The van der Waals surface area contributed by atoms with Crippen molar-refractivity contribution in [2.75, 3.05) is 0 Å². The first kappa shape index (κ1) is 28.3. The van der Waals surface area contributed by atoms with Crippen LogP contribution in [0.5, 0.6) is 0 Å². The SMILES string of the molecule is O=C(O)CCCC(=O)NCc1cccc2ccccc12.O=C1C2CC=CCC2C(=O)N1SC(Cl)(Cl)Cl. The van der Waals surface area contributed by atoms with Gasteiger partial charge in [0, 0.05) is 31.3 Å². The number of benzene rings is 2. The van der Waals surface area contributed by atoms with E-state index in [1.807, 2.05) is 54.6 Å². The zero-order valence-corrected chi connectivity index (χ0v) is 22.2. The highest BCUT2D eigenvalue weighted by atomic mass is 35.6. The summed E-state index contributed by atoms with van der Waals surface area (Å²) in [6.07, 6.45) is 5.65. The normalized spacial score (nSPS) is 19.0. The van der Waals surface area contributed by atoms with Gasteiger partial charge in [0.15, 0.2) is 0 Å². The van der Waals surface area contributed by atoms with Crippen LogP contribution in [-0.2, 0) is 25.7 Å². The van der Waals surface area contributed by atoms with Crippen molar-refractivity contribution < 1.29 is 24.3 Å². The summed E-state index contributed by atoms with van der Waals surface area (Å²) in [7, 11) is 0. The number of aliphatic carboxylic acids is 1. The van der Waals surface area contributed by atoms with Crippen molar-refractivity contribution in [3.8, 4) is 0 Å².